The summed E-state index contributed by atoms with van der Waals surface area (Å²) in [6.07, 6.45) is 4.90. The summed E-state index contributed by atoms with van der Waals surface area (Å²) >= 11 is 0. The molecule has 0 aromatic carbocycles. The number of carbonyl (C=O) groups excluding carboxylic acids is 1. The van der Waals surface area contributed by atoms with Gasteiger partial charge in [0.25, 0.3) is 0 Å². The van der Waals surface area contributed by atoms with E-state index in [-0.39, 0.29) is 0 Å². The molecule has 0 aliphatic heterocycles. The van der Waals surface area contributed by atoms with Crippen molar-refractivity contribution < 1.29 is 9.53 Å². The van der Waals surface area contributed by atoms with Crippen molar-refractivity contribution in [3.8, 4) is 11.1 Å². The van der Waals surface area contributed by atoms with Gasteiger partial charge in [0.2, 0.25) is 5.60 Å². The third kappa shape index (κ3) is 1.80. The summed E-state index contributed by atoms with van der Waals surface area (Å²) in [5, 5.41) is 0. The van der Waals surface area contributed by atoms with Crippen molar-refractivity contribution in [3.05, 3.63) is 72.9 Å². The van der Waals surface area contributed by atoms with E-state index in [1.165, 1.54) is 0 Å². The molecule has 1 aliphatic rings. The second-order valence-corrected chi connectivity index (χ2v) is 4.91. The van der Waals surface area contributed by atoms with Gasteiger partial charge in [-0.15, -0.1) is 0 Å². The van der Waals surface area contributed by atoms with Crippen molar-refractivity contribution in [2.45, 2.75) is 12.5 Å². The number of ether oxygens (including phenoxy) is 1. The van der Waals surface area contributed by atoms with Crippen LogP contribution in [-0.4, -0.2) is 15.9 Å². The third-order valence-corrected chi connectivity index (χ3v) is 3.50. The van der Waals surface area contributed by atoms with Crippen LogP contribution in [0.4, 0.5) is 0 Å². The summed E-state index contributed by atoms with van der Waals surface area (Å²) in [6.45, 7) is 9.07. The zero-order valence-electron chi connectivity index (χ0n) is 11.7. The van der Waals surface area contributed by atoms with Gasteiger partial charge in [-0.2, -0.15) is 0 Å². The SMILES string of the molecule is C=CC1(OC(=O)C(=C)C)c2ncccc2-c2cccnc21. The molecule has 21 heavy (non-hydrogen) atoms. The standard InChI is InChI=1S/C17H14N2O2/c1-4-17(21-16(20)11(2)3)14-12(7-5-9-18-14)13-8-6-10-19-15(13)17/h4-10H,1-2H2,3H3. The molecule has 2 aromatic heterocycles. The molecule has 4 nitrogen and oxygen atoms in total. The molecule has 0 saturated heterocycles. The largest absolute Gasteiger partial charge is 0.438 e. The van der Waals surface area contributed by atoms with Crippen LogP contribution in [0.25, 0.3) is 11.1 Å². The first-order valence-corrected chi connectivity index (χ1v) is 6.54. The van der Waals surface area contributed by atoms with Crippen molar-refractivity contribution >= 4 is 5.97 Å². The number of aromatic nitrogens is 2. The number of esters is 1. The molecule has 4 heteroatoms. The smallest absolute Gasteiger partial charge is 0.334 e. The average Bonchev–Trinajstić information content (AvgIpc) is 2.79. The molecular weight excluding hydrogens is 264 g/mol. The van der Waals surface area contributed by atoms with Gasteiger partial charge in [-0.05, 0) is 25.1 Å². The Bertz CT molecular complexity index is 719. The average molecular weight is 278 g/mol. The van der Waals surface area contributed by atoms with Gasteiger partial charge in [0, 0.05) is 29.1 Å². The molecule has 0 unspecified atom stereocenters. The van der Waals surface area contributed by atoms with E-state index in [0.717, 1.165) is 11.1 Å². The number of fused-ring (bicyclic) bond motifs is 3. The van der Waals surface area contributed by atoms with E-state index < -0.39 is 11.6 Å². The van der Waals surface area contributed by atoms with Crippen molar-refractivity contribution in [2.24, 2.45) is 0 Å². The van der Waals surface area contributed by atoms with Crippen LogP contribution >= 0.6 is 0 Å². The van der Waals surface area contributed by atoms with E-state index in [1.807, 2.05) is 24.3 Å². The zero-order valence-corrected chi connectivity index (χ0v) is 11.7. The number of hydrogen-bond acceptors (Lipinski definition) is 4. The normalized spacial score (nSPS) is 14.0. The van der Waals surface area contributed by atoms with Crippen molar-refractivity contribution in [1.82, 2.24) is 9.97 Å². The van der Waals surface area contributed by atoms with Gasteiger partial charge >= 0.3 is 5.97 Å². The number of pyridine rings is 2. The van der Waals surface area contributed by atoms with E-state index in [2.05, 4.69) is 23.1 Å². The van der Waals surface area contributed by atoms with Gasteiger partial charge in [-0.25, -0.2) is 4.79 Å². The van der Waals surface area contributed by atoms with Crippen LogP contribution in [-0.2, 0) is 15.1 Å². The minimum Gasteiger partial charge on any atom is -0.438 e. The second kappa shape index (κ2) is 4.66. The highest BCUT2D eigenvalue weighted by Crippen LogP contribution is 2.48. The Morgan fingerprint density at radius 3 is 2.14 bits per heavy atom. The highest BCUT2D eigenvalue weighted by molar-refractivity contribution is 5.89. The maximum Gasteiger partial charge on any atom is 0.334 e. The van der Waals surface area contributed by atoms with Gasteiger partial charge in [0.05, 0.1) is 0 Å². The molecule has 3 rings (SSSR count). The number of carbonyl (C=O) groups is 1. The van der Waals surface area contributed by atoms with E-state index >= 15 is 0 Å². The Morgan fingerprint density at radius 1 is 1.19 bits per heavy atom. The first-order chi connectivity index (χ1) is 10.1. The minimum atomic E-state index is -1.16. The van der Waals surface area contributed by atoms with Gasteiger partial charge in [-0.3, -0.25) is 9.97 Å². The zero-order chi connectivity index (χ0) is 15.0. The Labute approximate surface area is 122 Å². The van der Waals surface area contributed by atoms with E-state index in [1.54, 1.807) is 25.4 Å². The lowest BCUT2D eigenvalue weighted by Gasteiger charge is -2.26. The lowest BCUT2D eigenvalue weighted by atomic mass is 9.99. The second-order valence-electron chi connectivity index (χ2n) is 4.91. The number of nitrogens with zero attached hydrogens (tertiary/aromatic N) is 2. The van der Waals surface area contributed by atoms with E-state index in [0.29, 0.717) is 17.0 Å². The molecule has 0 amide bonds. The number of hydrogen-bond donors (Lipinski definition) is 0. The van der Waals surface area contributed by atoms with Crippen molar-refractivity contribution in [2.75, 3.05) is 0 Å². The fourth-order valence-corrected chi connectivity index (χ4v) is 2.51. The van der Waals surface area contributed by atoms with Crippen LogP contribution in [0.3, 0.4) is 0 Å². The minimum absolute atomic E-state index is 0.318. The summed E-state index contributed by atoms with van der Waals surface area (Å²) < 4.78 is 5.68. The third-order valence-electron chi connectivity index (χ3n) is 3.50. The Balaban J connectivity index is 2.27. The summed E-state index contributed by atoms with van der Waals surface area (Å²) in [7, 11) is 0. The summed E-state index contributed by atoms with van der Waals surface area (Å²) in [6, 6.07) is 7.55. The number of rotatable bonds is 3. The molecule has 0 saturated carbocycles. The quantitative estimate of drug-likeness (QED) is 0.492. The summed E-state index contributed by atoms with van der Waals surface area (Å²) in [5.41, 5.74) is 2.21. The lowest BCUT2D eigenvalue weighted by molar-refractivity contribution is -0.148. The molecule has 0 bridgehead atoms. The maximum atomic E-state index is 12.1. The predicted molar refractivity (Wildman–Crippen MR) is 79.4 cm³/mol. The molecule has 0 atom stereocenters. The predicted octanol–water partition coefficient (Wildman–Crippen LogP) is 3.01. The van der Waals surface area contributed by atoms with Crippen LogP contribution in [0.2, 0.25) is 0 Å². The van der Waals surface area contributed by atoms with Gasteiger partial charge < -0.3 is 4.74 Å². The fourth-order valence-electron chi connectivity index (χ4n) is 2.51. The molecule has 104 valence electrons. The van der Waals surface area contributed by atoms with Crippen LogP contribution in [0, 0.1) is 0 Å². The first kappa shape index (κ1) is 13.2. The Kier molecular flexibility index (Phi) is 2.94. The first-order valence-electron chi connectivity index (χ1n) is 6.54. The summed E-state index contributed by atoms with van der Waals surface area (Å²) in [4.78, 5) is 20.8. The molecule has 0 N–H and O–H groups in total. The monoisotopic (exact) mass is 278 g/mol. The van der Waals surface area contributed by atoms with Gasteiger partial charge in [-0.1, -0.05) is 25.3 Å². The van der Waals surface area contributed by atoms with Crippen LogP contribution in [0.1, 0.15) is 18.3 Å². The lowest BCUT2D eigenvalue weighted by Crippen LogP contribution is -2.31. The molecule has 1 aliphatic carbocycles. The molecule has 2 heterocycles. The summed E-state index contributed by atoms with van der Waals surface area (Å²) in [5.74, 6) is -0.495. The van der Waals surface area contributed by atoms with Crippen molar-refractivity contribution in [1.29, 1.82) is 0 Å². The molecule has 2 aromatic rings. The fraction of sp³-hybridized carbons (Fsp3) is 0.118. The van der Waals surface area contributed by atoms with Gasteiger partial charge in [0.1, 0.15) is 11.4 Å². The van der Waals surface area contributed by atoms with E-state index in [9.17, 15) is 4.79 Å². The van der Waals surface area contributed by atoms with Gasteiger partial charge in [0.15, 0.2) is 0 Å². The maximum absolute atomic E-state index is 12.1. The Hall–Kier alpha value is -2.75. The molecule has 0 fully saturated rings. The van der Waals surface area contributed by atoms with Crippen LogP contribution in [0.5, 0.6) is 0 Å². The molecule has 0 radical (unpaired) electrons. The Morgan fingerprint density at radius 2 is 1.71 bits per heavy atom. The van der Waals surface area contributed by atoms with Crippen molar-refractivity contribution in [3.63, 3.8) is 0 Å². The molecule has 0 spiro atoms. The van der Waals surface area contributed by atoms with E-state index in [4.69, 9.17) is 4.74 Å². The highest BCUT2D eigenvalue weighted by Gasteiger charge is 2.47. The molecular formula is C17H14N2O2. The van der Waals surface area contributed by atoms with Crippen LogP contribution < -0.4 is 0 Å². The highest BCUT2D eigenvalue weighted by atomic mass is 16.6. The topological polar surface area (TPSA) is 52.1 Å². The van der Waals surface area contributed by atoms with Crippen LogP contribution in [0.15, 0.2) is 61.5 Å².